The van der Waals surface area contributed by atoms with E-state index in [4.69, 9.17) is 0 Å². The first-order valence-corrected chi connectivity index (χ1v) is 9.08. The minimum atomic E-state index is -0.863. The predicted molar refractivity (Wildman–Crippen MR) is 107 cm³/mol. The highest BCUT2D eigenvalue weighted by Crippen LogP contribution is 2.43. The van der Waals surface area contributed by atoms with Gasteiger partial charge in [0, 0.05) is 23.2 Å². The van der Waals surface area contributed by atoms with E-state index in [1.807, 2.05) is 4.90 Å². The van der Waals surface area contributed by atoms with E-state index >= 15 is 0 Å². The van der Waals surface area contributed by atoms with Crippen molar-refractivity contribution in [1.29, 1.82) is 0 Å². The smallest absolute Gasteiger partial charge is 0.255 e. The normalized spacial score (nSPS) is 14.6. The van der Waals surface area contributed by atoms with E-state index < -0.39 is 17.5 Å². The van der Waals surface area contributed by atoms with Gasteiger partial charge < -0.3 is 15.3 Å². The molecule has 0 spiro atoms. The van der Waals surface area contributed by atoms with Gasteiger partial charge in [0.25, 0.3) is 5.91 Å². The summed E-state index contributed by atoms with van der Waals surface area (Å²) in [5.74, 6) is -1.48. The third kappa shape index (κ3) is 3.51. The number of carbonyl (C=O) groups is 1. The Morgan fingerprint density at radius 1 is 1.14 bits per heavy atom. The summed E-state index contributed by atoms with van der Waals surface area (Å²) in [5.41, 5.74) is 2.13. The monoisotopic (exact) mass is 395 g/mol. The molecule has 4 rings (SSSR count). The van der Waals surface area contributed by atoms with Crippen molar-refractivity contribution in [1.82, 2.24) is 4.98 Å². The molecule has 0 saturated heterocycles. The first-order valence-electron chi connectivity index (χ1n) is 9.08. The van der Waals surface area contributed by atoms with E-state index in [0.717, 1.165) is 23.4 Å². The van der Waals surface area contributed by atoms with Crippen molar-refractivity contribution >= 4 is 23.1 Å². The number of aromatic nitrogens is 1. The molecular formula is C22H19F2N3O2. The Morgan fingerprint density at radius 3 is 2.62 bits per heavy atom. The Kier molecular flexibility index (Phi) is 4.45. The molecule has 3 aromatic rings. The number of rotatable bonds is 3. The molecule has 1 aromatic heterocycles. The molecule has 0 aliphatic carbocycles. The zero-order valence-electron chi connectivity index (χ0n) is 15.9. The van der Waals surface area contributed by atoms with Crippen LogP contribution in [-0.2, 0) is 5.41 Å². The predicted octanol–water partition coefficient (Wildman–Crippen LogP) is 4.75. The van der Waals surface area contributed by atoms with E-state index in [1.54, 1.807) is 24.3 Å². The minimum absolute atomic E-state index is 0.0848. The summed E-state index contributed by atoms with van der Waals surface area (Å²) in [5, 5.41) is 11.9. The molecule has 148 valence electrons. The maximum atomic E-state index is 13.7. The van der Waals surface area contributed by atoms with E-state index in [0.29, 0.717) is 18.1 Å². The van der Waals surface area contributed by atoms with Gasteiger partial charge in [-0.3, -0.25) is 4.79 Å². The highest BCUT2D eigenvalue weighted by molar-refractivity contribution is 6.04. The van der Waals surface area contributed by atoms with Crippen LogP contribution in [0.2, 0.25) is 0 Å². The van der Waals surface area contributed by atoms with Gasteiger partial charge in [-0.25, -0.2) is 13.8 Å². The molecule has 1 aliphatic rings. The number of phenols is 1. The number of nitrogens with zero attached hydrogens (tertiary/aromatic N) is 2. The van der Waals surface area contributed by atoms with Gasteiger partial charge in [-0.15, -0.1) is 0 Å². The summed E-state index contributed by atoms with van der Waals surface area (Å²) in [4.78, 5) is 18.7. The topological polar surface area (TPSA) is 65.5 Å². The second-order valence-corrected chi connectivity index (χ2v) is 7.66. The van der Waals surface area contributed by atoms with Crippen LogP contribution >= 0.6 is 0 Å². The van der Waals surface area contributed by atoms with Crippen LogP contribution in [0, 0.1) is 11.6 Å². The van der Waals surface area contributed by atoms with Gasteiger partial charge in [-0.05, 0) is 54.1 Å². The number of phenolic OH excluding ortho intramolecular Hbond substituents is 1. The Labute approximate surface area is 166 Å². The molecule has 0 atom stereocenters. The van der Waals surface area contributed by atoms with Crippen LogP contribution < -0.4 is 10.2 Å². The lowest BCUT2D eigenvalue weighted by Gasteiger charge is -2.21. The molecule has 0 radical (unpaired) electrons. The lowest BCUT2D eigenvalue weighted by Crippen LogP contribution is -2.25. The van der Waals surface area contributed by atoms with Crippen molar-refractivity contribution in [3.8, 4) is 5.75 Å². The van der Waals surface area contributed by atoms with E-state index in [-0.39, 0.29) is 16.8 Å². The average Bonchev–Trinajstić information content (AvgIpc) is 2.95. The van der Waals surface area contributed by atoms with E-state index in [1.165, 1.54) is 18.3 Å². The van der Waals surface area contributed by atoms with E-state index in [9.17, 15) is 18.7 Å². The van der Waals surface area contributed by atoms with Gasteiger partial charge >= 0.3 is 0 Å². The fraction of sp³-hybridized carbons (Fsp3) is 0.182. The van der Waals surface area contributed by atoms with Crippen LogP contribution in [0.4, 0.5) is 26.0 Å². The number of hydrogen-bond acceptors (Lipinski definition) is 4. The van der Waals surface area contributed by atoms with Crippen LogP contribution in [0.15, 0.2) is 54.7 Å². The number of anilines is 3. The molecule has 2 heterocycles. The fourth-order valence-electron chi connectivity index (χ4n) is 3.53. The highest BCUT2D eigenvalue weighted by Gasteiger charge is 2.36. The summed E-state index contributed by atoms with van der Waals surface area (Å²) < 4.78 is 27.1. The lowest BCUT2D eigenvalue weighted by molar-refractivity contribution is 0.102. The van der Waals surface area contributed by atoms with Gasteiger partial charge in [0.05, 0.1) is 11.9 Å². The number of halogens is 2. The molecule has 1 aliphatic heterocycles. The largest absolute Gasteiger partial charge is 0.505 e. The SMILES string of the molecule is CC1(C)CN(c2ccc(NC(=O)c3ccc(O)c(F)c3)cn2)c2ccc(F)cc21. The number of carbonyl (C=O) groups excluding carboxylic acids is 1. The van der Waals surface area contributed by atoms with Crippen molar-refractivity contribution in [3.05, 3.63) is 77.5 Å². The maximum Gasteiger partial charge on any atom is 0.255 e. The van der Waals surface area contributed by atoms with Crippen LogP contribution in [0.25, 0.3) is 0 Å². The number of aromatic hydroxyl groups is 1. The molecular weight excluding hydrogens is 376 g/mol. The van der Waals surface area contributed by atoms with Crippen LogP contribution in [0.5, 0.6) is 5.75 Å². The van der Waals surface area contributed by atoms with Crippen LogP contribution in [0.3, 0.4) is 0 Å². The zero-order chi connectivity index (χ0) is 20.8. The zero-order valence-corrected chi connectivity index (χ0v) is 15.9. The van der Waals surface area contributed by atoms with Crippen molar-refractivity contribution in [2.45, 2.75) is 19.3 Å². The number of amides is 1. The third-order valence-electron chi connectivity index (χ3n) is 5.02. The number of hydrogen-bond donors (Lipinski definition) is 2. The van der Waals surface area contributed by atoms with Gasteiger partial charge in [-0.1, -0.05) is 13.8 Å². The molecule has 2 aromatic carbocycles. The van der Waals surface area contributed by atoms with E-state index in [2.05, 4.69) is 24.1 Å². The number of pyridine rings is 1. The second-order valence-electron chi connectivity index (χ2n) is 7.66. The number of fused-ring (bicyclic) bond motifs is 1. The molecule has 29 heavy (non-hydrogen) atoms. The number of nitrogens with one attached hydrogen (secondary N) is 1. The molecule has 7 heteroatoms. The van der Waals surface area contributed by atoms with Crippen molar-refractivity contribution < 1.29 is 18.7 Å². The summed E-state index contributed by atoms with van der Waals surface area (Å²) in [6.45, 7) is 4.75. The van der Waals surface area contributed by atoms with Crippen LogP contribution in [-0.4, -0.2) is 22.5 Å². The van der Waals surface area contributed by atoms with Gasteiger partial charge in [0.2, 0.25) is 0 Å². The molecule has 2 N–H and O–H groups in total. The molecule has 0 saturated carbocycles. The summed E-state index contributed by atoms with van der Waals surface area (Å²) in [6.07, 6.45) is 1.51. The summed E-state index contributed by atoms with van der Waals surface area (Å²) >= 11 is 0. The van der Waals surface area contributed by atoms with Gasteiger partial charge in [0.15, 0.2) is 11.6 Å². The Hall–Kier alpha value is -3.48. The van der Waals surface area contributed by atoms with Crippen molar-refractivity contribution in [3.63, 3.8) is 0 Å². The molecule has 0 unspecified atom stereocenters. The van der Waals surface area contributed by atoms with Gasteiger partial charge in [-0.2, -0.15) is 0 Å². The van der Waals surface area contributed by atoms with Crippen LogP contribution in [0.1, 0.15) is 29.8 Å². The Morgan fingerprint density at radius 2 is 1.93 bits per heavy atom. The van der Waals surface area contributed by atoms with Gasteiger partial charge in [0.1, 0.15) is 11.6 Å². The third-order valence-corrected chi connectivity index (χ3v) is 5.02. The molecule has 0 fully saturated rings. The quantitative estimate of drug-likeness (QED) is 0.672. The Balaban J connectivity index is 1.54. The summed E-state index contributed by atoms with van der Waals surface area (Å²) in [6, 6.07) is 11.6. The molecule has 1 amide bonds. The van der Waals surface area contributed by atoms with Crippen molar-refractivity contribution in [2.24, 2.45) is 0 Å². The lowest BCUT2D eigenvalue weighted by atomic mass is 9.87. The van der Waals surface area contributed by atoms with Crippen molar-refractivity contribution in [2.75, 3.05) is 16.8 Å². The first-order chi connectivity index (χ1) is 13.7. The summed E-state index contributed by atoms with van der Waals surface area (Å²) in [7, 11) is 0. The first kappa shape index (κ1) is 18.9. The Bertz CT molecular complexity index is 1100. The fourth-order valence-corrected chi connectivity index (χ4v) is 3.53. The second kappa shape index (κ2) is 6.84. The number of benzene rings is 2. The maximum absolute atomic E-state index is 13.7. The average molecular weight is 395 g/mol. The molecule has 0 bridgehead atoms. The highest BCUT2D eigenvalue weighted by atomic mass is 19.1. The molecule has 5 nitrogen and oxygen atoms in total. The minimum Gasteiger partial charge on any atom is -0.505 e. The standard InChI is InChI=1S/C22H19F2N3O2/c1-22(2)12-27(18-6-4-14(23)10-16(18)22)20-8-5-15(11-25-20)26-21(29)13-3-7-19(28)17(24)9-13/h3-11,28H,12H2,1-2H3,(H,26,29).